The van der Waals surface area contributed by atoms with E-state index in [1.54, 1.807) is 20.1 Å². The number of Topliss-reactive ketones (excluding diaryl/α,β-unsaturated/α-hetero) is 1. The zero-order valence-corrected chi connectivity index (χ0v) is 10.7. The van der Waals surface area contributed by atoms with E-state index in [-0.39, 0.29) is 5.78 Å². The number of carbonyl (C=O) groups is 1. The second-order valence-corrected chi connectivity index (χ2v) is 4.58. The molecular formula is C13H17ClO2. The Kier molecular flexibility index (Phi) is 4.81. The van der Waals surface area contributed by atoms with E-state index in [9.17, 15) is 4.79 Å². The molecule has 0 saturated heterocycles. The van der Waals surface area contributed by atoms with Crippen molar-refractivity contribution in [1.82, 2.24) is 0 Å². The Morgan fingerprint density at radius 3 is 2.69 bits per heavy atom. The van der Waals surface area contributed by atoms with Crippen molar-refractivity contribution in [3.63, 3.8) is 0 Å². The normalized spacial score (nSPS) is 12.2. The van der Waals surface area contributed by atoms with E-state index in [0.29, 0.717) is 17.4 Å². The first-order valence-electron chi connectivity index (χ1n) is 5.34. The third-order valence-electron chi connectivity index (χ3n) is 2.46. The molecule has 1 atom stereocenters. The number of benzene rings is 1. The van der Waals surface area contributed by atoms with E-state index in [4.69, 9.17) is 16.3 Å². The van der Waals surface area contributed by atoms with Crippen LogP contribution in [-0.4, -0.2) is 12.9 Å². The lowest BCUT2D eigenvalue weighted by Crippen LogP contribution is -2.05. The Labute approximate surface area is 102 Å². The maximum absolute atomic E-state index is 11.0. The fraction of sp³-hybridized carbons (Fsp3) is 0.462. The Balaban J connectivity index is 2.70. The number of ketones is 1. The first kappa shape index (κ1) is 13.0. The molecule has 16 heavy (non-hydrogen) atoms. The largest absolute Gasteiger partial charge is 0.497 e. The summed E-state index contributed by atoms with van der Waals surface area (Å²) in [6.07, 6.45) is 1.42. The second kappa shape index (κ2) is 5.90. The van der Waals surface area contributed by atoms with Gasteiger partial charge in [0.15, 0.2) is 0 Å². The van der Waals surface area contributed by atoms with Crippen LogP contribution >= 0.6 is 11.6 Å². The van der Waals surface area contributed by atoms with Gasteiger partial charge in [-0.2, -0.15) is 0 Å². The molecule has 0 bridgehead atoms. The lowest BCUT2D eigenvalue weighted by atomic mass is 9.96. The van der Waals surface area contributed by atoms with Crippen LogP contribution in [0, 0.1) is 5.92 Å². The van der Waals surface area contributed by atoms with Crippen molar-refractivity contribution in [1.29, 1.82) is 0 Å². The van der Waals surface area contributed by atoms with Crippen molar-refractivity contribution in [2.24, 2.45) is 5.92 Å². The number of hydrogen-bond donors (Lipinski definition) is 0. The summed E-state index contributed by atoms with van der Waals surface area (Å²) in [5.41, 5.74) is 1.07. The molecule has 2 nitrogen and oxygen atoms in total. The number of halogens is 1. The van der Waals surface area contributed by atoms with E-state index < -0.39 is 0 Å². The van der Waals surface area contributed by atoms with E-state index in [1.165, 1.54) is 0 Å². The molecule has 0 amide bonds. The fourth-order valence-electron chi connectivity index (χ4n) is 1.76. The third kappa shape index (κ3) is 3.86. The summed E-state index contributed by atoms with van der Waals surface area (Å²) in [5, 5.41) is 0.703. The number of carbonyl (C=O) groups excluding carboxylic acids is 1. The van der Waals surface area contributed by atoms with Crippen molar-refractivity contribution in [2.75, 3.05) is 7.11 Å². The Morgan fingerprint density at radius 2 is 2.19 bits per heavy atom. The Morgan fingerprint density at radius 1 is 1.50 bits per heavy atom. The van der Waals surface area contributed by atoms with Crippen LogP contribution in [0.3, 0.4) is 0 Å². The van der Waals surface area contributed by atoms with Crippen LogP contribution in [0.15, 0.2) is 18.2 Å². The van der Waals surface area contributed by atoms with E-state index in [2.05, 4.69) is 6.92 Å². The Hall–Kier alpha value is -1.02. The van der Waals surface area contributed by atoms with Crippen LogP contribution in [0.4, 0.5) is 0 Å². The van der Waals surface area contributed by atoms with E-state index in [1.807, 2.05) is 12.1 Å². The Bertz CT molecular complexity index is 374. The summed E-state index contributed by atoms with van der Waals surface area (Å²) in [7, 11) is 1.61. The molecule has 0 aliphatic carbocycles. The standard InChI is InChI=1S/C13H17ClO2/c1-9(6-10(2)15)7-11-4-5-12(16-3)8-13(11)14/h4-5,8-9H,6-7H2,1-3H3. The van der Waals surface area contributed by atoms with Crippen LogP contribution < -0.4 is 4.74 Å². The maximum atomic E-state index is 11.0. The van der Waals surface area contributed by atoms with Crippen LogP contribution in [0.25, 0.3) is 0 Å². The highest BCUT2D eigenvalue weighted by atomic mass is 35.5. The molecule has 0 aliphatic rings. The lowest BCUT2D eigenvalue weighted by molar-refractivity contribution is -0.117. The second-order valence-electron chi connectivity index (χ2n) is 4.17. The van der Waals surface area contributed by atoms with Gasteiger partial charge in [0.05, 0.1) is 7.11 Å². The van der Waals surface area contributed by atoms with Gasteiger partial charge in [-0.25, -0.2) is 0 Å². The van der Waals surface area contributed by atoms with Gasteiger partial charge in [-0.3, -0.25) is 0 Å². The van der Waals surface area contributed by atoms with Crippen LogP contribution in [0.2, 0.25) is 5.02 Å². The van der Waals surface area contributed by atoms with Gasteiger partial charge >= 0.3 is 0 Å². The SMILES string of the molecule is COc1ccc(CC(C)CC(C)=O)c(Cl)c1. The highest BCUT2D eigenvalue weighted by Crippen LogP contribution is 2.25. The lowest BCUT2D eigenvalue weighted by Gasteiger charge is -2.11. The number of ether oxygens (including phenoxy) is 1. The topological polar surface area (TPSA) is 26.3 Å². The monoisotopic (exact) mass is 240 g/mol. The summed E-state index contributed by atoms with van der Waals surface area (Å²) >= 11 is 6.12. The summed E-state index contributed by atoms with van der Waals surface area (Å²) in [6, 6.07) is 5.65. The molecule has 0 spiro atoms. The maximum Gasteiger partial charge on any atom is 0.130 e. The van der Waals surface area contributed by atoms with E-state index >= 15 is 0 Å². The van der Waals surface area contributed by atoms with Gasteiger partial charge < -0.3 is 9.53 Å². The predicted molar refractivity (Wildman–Crippen MR) is 66.2 cm³/mol. The predicted octanol–water partition coefficient (Wildman–Crippen LogP) is 3.51. The fourth-order valence-corrected chi connectivity index (χ4v) is 2.01. The molecule has 0 N–H and O–H groups in total. The van der Waals surface area contributed by atoms with Crippen LogP contribution in [0.5, 0.6) is 5.75 Å². The van der Waals surface area contributed by atoms with E-state index in [0.717, 1.165) is 17.7 Å². The quantitative estimate of drug-likeness (QED) is 0.787. The summed E-state index contributed by atoms with van der Waals surface area (Å²) in [4.78, 5) is 11.0. The average Bonchev–Trinajstić information content (AvgIpc) is 2.19. The summed E-state index contributed by atoms with van der Waals surface area (Å²) in [6.45, 7) is 3.67. The van der Waals surface area contributed by atoms with Gasteiger partial charge in [0.25, 0.3) is 0 Å². The molecule has 0 saturated carbocycles. The van der Waals surface area contributed by atoms with Crippen molar-refractivity contribution < 1.29 is 9.53 Å². The summed E-state index contributed by atoms with van der Waals surface area (Å²) in [5.74, 6) is 1.30. The molecule has 0 aromatic heterocycles. The molecule has 0 aliphatic heterocycles. The molecule has 0 heterocycles. The molecule has 0 fully saturated rings. The zero-order valence-electron chi connectivity index (χ0n) is 9.92. The van der Waals surface area contributed by atoms with Crippen molar-refractivity contribution in [3.05, 3.63) is 28.8 Å². The van der Waals surface area contributed by atoms with Crippen LogP contribution in [-0.2, 0) is 11.2 Å². The van der Waals surface area contributed by atoms with Crippen molar-refractivity contribution in [3.8, 4) is 5.75 Å². The molecule has 88 valence electrons. The highest BCUT2D eigenvalue weighted by Gasteiger charge is 2.09. The molecule has 0 radical (unpaired) electrons. The molecule has 1 aromatic carbocycles. The molecule has 1 rings (SSSR count). The van der Waals surface area contributed by atoms with Crippen LogP contribution in [0.1, 0.15) is 25.8 Å². The van der Waals surface area contributed by atoms with Gasteiger partial charge in [-0.15, -0.1) is 0 Å². The number of rotatable bonds is 5. The smallest absolute Gasteiger partial charge is 0.130 e. The van der Waals surface area contributed by atoms with Gasteiger partial charge in [0.1, 0.15) is 11.5 Å². The van der Waals surface area contributed by atoms with Gasteiger partial charge in [0.2, 0.25) is 0 Å². The molecule has 1 aromatic rings. The van der Waals surface area contributed by atoms with Gasteiger partial charge in [-0.1, -0.05) is 24.6 Å². The van der Waals surface area contributed by atoms with Gasteiger partial charge in [-0.05, 0) is 37.0 Å². The minimum Gasteiger partial charge on any atom is -0.497 e. The number of hydrogen-bond acceptors (Lipinski definition) is 2. The first-order valence-corrected chi connectivity index (χ1v) is 5.72. The minimum atomic E-state index is 0.220. The van der Waals surface area contributed by atoms with Gasteiger partial charge in [0, 0.05) is 11.4 Å². The molecule has 1 unspecified atom stereocenters. The first-order chi connectivity index (χ1) is 7.52. The third-order valence-corrected chi connectivity index (χ3v) is 2.82. The number of methoxy groups -OCH3 is 1. The highest BCUT2D eigenvalue weighted by molar-refractivity contribution is 6.31. The zero-order chi connectivity index (χ0) is 12.1. The minimum absolute atomic E-state index is 0.220. The molecular weight excluding hydrogens is 224 g/mol. The molecule has 3 heteroatoms. The average molecular weight is 241 g/mol. The van der Waals surface area contributed by atoms with Crippen molar-refractivity contribution in [2.45, 2.75) is 26.7 Å². The van der Waals surface area contributed by atoms with Crippen molar-refractivity contribution >= 4 is 17.4 Å². The summed E-state index contributed by atoms with van der Waals surface area (Å²) < 4.78 is 5.08.